The molecule has 1 aromatic carbocycles. The van der Waals surface area contributed by atoms with E-state index < -0.39 is 16.8 Å². The molecule has 1 N–H and O–H groups in total. The summed E-state index contributed by atoms with van der Waals surface area (Å²) in [5.41, 5.74) is 0. The zero-order valence-electron chi connectivity index (χ0n) is 9.43. The number of hydrogen-bond acceptors (Lipinski definition) is 3. The van der Waals surface area contributed by atoms with Gasteiger partial charge in [0.1, 0.15) is 5.76 Å². The van der Waals surface area contributed by atoms with E-state index in [9.17, 15) is 9.00 Å². The third-order valence-electron chi connectivity index (χ3n) is 2.29. The van der Waals surface area contributed by atoms with Crippen LogP contribution in [0.25, 0.3) is 0 Å². The predicted molar refractivity (Wildman–Crippen MR) is 72.2 cm³/mol. The molecule has 4 nitrogen and oxygen atoms in total. The summed E-state index contributed by atoms with van der Waals surface area (Å²) >= 11 is 11.9. The topological polar surface area (TPSA) is 67.5 Å². The van der Waals surface area contributed by atoms with Crippen LogP contribution in [0.4, 0.5) is 0 Å². The number of halogens is 2. The van der Waals surface area contributed by atoms with Crippen molar-refractivity contribution in [1.29, 1.82) is 0 Å². The van der Waals surface area contributed by atoms with Crippen molar-refractivity contribution >= 4 is 40.0 Å². The fourth-order valence-corrected chi connectivity index (χ4v) is 3.51. The Labute approximate surface area is 121 Å². The van der Waals surface area contributed by atoms with Gasteiger partial charge in [0.15, 0.2) is 0 Å². The molecule has 1 aromatic heterocycles. The predicted octanol–water partition coefficient (Wildman–Crippen LogP) is 3.59. The Balaban J connectivity index is 2.23. The number of carboxylic acids is 1. The molecule has 2 rings (SSSR count). The van der Waals surface area contributed by atoms with Crippen LogP contribution >= 0.6 is 23.2 Å². The third-order valence-corrected chi connectivity index (χ3v) is 4.59. The van der Waals surface area contributed by atoms with Gasteiger partial charge < -0.3 is 9.52 Å². The molecule has 0 aliphatic rings. The Morgan fingerprint density at radius 2 is 1.84 bits per heavy atom. The molecule has 0 saturated heterocycles. The molecule has 0 aliphatic heterocycles. The molecular formula is C12H8Cl2O4S. The van der Waals surface area contributed by atoms with Crippen molar-refractivity contribution in [3.8, 4) is 0 Å². The van der Waals surface area contributed by atoms with Gasteiger partial charge in [-0.25, -0.2) is 4.79 Å². The van der Waals surface area contributed by atoms with E-state index in [0.717, 1.165) is 0 Å². The van der Waals surface area contributed by atoms with Crippen LogP contribution in [0, 0.1) is 0 Å². The maximum absolute atomic E-state index is 12.2. The highest BCUT2D eigenvalue weighted by Crippen LogP contribution is 2.29. The third kappa shape index (κ3) is 3.18. The minimum Gasteiger partial charge on any atom is -0.475 e. The lowest BCUT2D eigenvalue weighted by Crippen LogP contribution is -1.98. The SMILES string of the molecule is O=C(O)c1ccc(CS(=O)c2c(Cl)cccc2Cl)o1. The van der Waals surface area contributed by atoms with E-state index in [0.29, 0.717) is 20.7 Å². The second-order valence-electron chi connectivity index (χ2n) is 3.61. The number of aromatic carboxylic acids is 1. The normalized spacial score (nSPS) is 12.3. The van der Waals surface area contributed by atoms with Crippen LogP contribution in [-0.4, -0.2) is 15.3 Å². The summed E-state index contributed by atoms with van der Waals surface area (Å²) < 4.78 is 17.2. The van der Waals surface area contributed by atoms with E-state index in [1.807, 2.05) is 0 Å². The first-order valence-electron chi connectivity index (χ1n) is 5.13. The summed E-state index contributed by atoms with van der Waals surface area (Å²) in [6, 6.07) is 7.60. The van der Waals surface area contributed by atoms with Crippen LogP contribution < -0.4 is 0 Å². The van der Waals surface area contributed by atoms with Crippen LogP contribution in [0.5, 0.6) is 0 Å². The van der Waals surface area contributed by atoms with Crippen LogP contribution in [0.15, 0.2) is 39.6 Å². The van der Waals surface area contributed by atoms with Crippen molar-refractivity contribution < 1.29 is 18.5 Å². The van der Waals surface area contributed by atoms with Crippen molar-refractivity contribution in [3.05, 3.63) is 51.9 Å². The van der Waals surface area contributed by atoms with Crippen LogP contribution in [0.3, 0.4) is 0 Å². The van der Waals surface area contributed by atoms with E-state index in [2.05, 4.69) is 0 Å². The van der Waals surface area contributed by atoms with Crippen molar-refractivity contribution in [2.45, 2.75) is 10.6 Å². The van der Waals surface area contributed by atoms with Gasteiger partial charge in [-0.15, -0.1) is 0 Å². The zero-order valence-corrected chi connectivity index (χ0v) is 11.8. The standard InChI is InChI=1S/C12H8Cl2O4S/c13-8-2-1-3-9(14)11(8)19(17)6-7-4-5-10(18-7)12(15)16/h1-5H,6H2,(H,15,16). The molecule has 100 valence electrons. The highest BCUT2D eigenvalue weighted by Gasteiger charge is 2.16. The smallest absolute Gasteiger partial charge is 0.371 e. The maximum atomic E-state index is 12.2. The van der Waals surface area contributed by atoms with E-state index in [1.54, 1.807) is 18.2 Å². The van der Waals surface area contributed by atoms with Gasteiger partial charge in [0.25, 0.3) is 0 Å². The number of hydrogen-bond donors (Lipinski definition) is 1. The van der Waals surface area contributed by atoms with Gasteiger partial charge in [-0.3, -0.25) is 4.21 Å². The number of furan rings is 1. The van der Waals surface area contributed by atoms with Crippen LogP contribution in [0.2, 0.25) is 10.0 Å². The highest BCUT2D eigenvalue weighted by molar-refractivity contribution is 7.84. The average Bonchev–Trinajstić information content (AvgIpc) is 2.77. The molecule has 0 saturated carbocycles. The Bertz CT molecular complexity index is 631. The van der Waals surface area contributed by atoms with Gasteiger partial charge in [-0.1, -0.05) is 29.3 Å². The van der Waals surface area contributed by atoms with E-state index in [-0.39, 0.29) is 11.5 Å². The molecule has 1 unspecified atom stereocenters. The van der Waals surface area contributed by atoms with Crippen molar-refractivity contribution in [3.63, 3.8) is 0 Å². The fourth-order valence-electron chi connectivity index (χ4n) is 1.47. The lowest BCUT2D eigenvalue weighted by atomic mass is 10.4. The van der Waals surface area contributed by atoms with Gasteiger partial charge in [0.2, 0.25) is 5.76 Å². The molecule has 7 heteroatoms. The summed E-state index contributed by atoms with van der Waals surface area (Å²) in [4.78, 5) is 11.0. The average molecular weight is 319 g/mol. The largest absolute Gasteiger partial charge is 0.475 e. The monoisotopic (exact) mass is 318 g/mol. The Hall–Kier alpha value is -1.30. The summed E-state index contributed by atoms with van der Waals surface area (Å²) in [5, 5.41) is 9.33. The lowest BCUT2D eigenvalue weighted by Gasteiger charge is -2.05. The maximum Gasteiger partial charge on any atom is 0.371 e. The number of rotatable bonds is 4. The Morgan fingerprint density at radius 1 is 1.21 bits per heavy atom. The molecule has 0 aliphatic carbocycles. The van der Waals surface area contributed by atoms with E-state index in [1.165, 1.54) is 12.1 Å². The molecule has 0 amide bonds. The highest BCUT2D eigenvalue weighted by atomic mass is 35.5. The molecule has 0 bridgehead atoms. The molecular weight excluding hydrogens is 311 g/mol. The van der Waals surface area contributed by atoms with Gasteiger partial charge >= 0.3 is 5.97 Å². The molecule has 0 radical (unpaired) electrons. The first kappa shape index (κ1) is 14.1. The Kier molecular flexibility index (Phi) is 4.29. The molecule has 1 atom stereocenters. The van der Waals surface area contributed by atoms with E-state index in [4.69, 9.17) is 32.7 Å². The number of carboxylic acid groups (broad SMARTS) is 1. The van der Waals surface area contributed by atoms with Crippen LogP contribution in [-0.2, 0) is 16.6 Å². The Morgan fingerprint density at radius 3 is 2.37 bits per heavy atom. The molecule has 1 heterocycles. The van der Waals surface area contributed by atoms with E-state index >= 15 is 0 Å². The van der Waals surface area contributed by atoms with Gasteiger partial charge in [0, 0.05) is 0 Å². The lowest BCUT2D eigenvalue weighted by molar-refractivity contribution is 0.0661. The van der Waals surface area contributed by atoms with Crippen LogP contribution in [0.1, 0.15) is 16.3 Å². The number of carbonyl (C=O) groups is 1. The molecule has 0 fully saturated rings. The molecule has 2 aromatic rings. The quantitative estimate of drug-likeness (QED) is 0.935. The second kappa shape index (κ2) is 5.77. The van der Waals surface area contributed by atoms with Gasteiger partial charge in [-0.2, -0.15) is 0 Å². The summed E-state index contributed by atoms with van der Waals surface area (Å²) in [6.07, 6.45) is 0. The second-order valence-corrected chi connectivity index (χ2v) is 5.81. The first-order chi connectivity index (χ1) is 8.99. The molecule has 19 heavy (non-hydrogen) atoms. The minimum atomic E-state index is -1.51. The van der Waals surface area contributed by atoms with Crippen molar-refractivity contribution in [2.75, 3.05) is 0 Å². The summed E-state index contributed by atoms with van der Waals surface area (Å²) in [7, 11) is -1.51. The fraction of sp³-hybridized carbons (Fsp3) is 0.0833. The van der Waals surface area contributed by atoms with Gasteiger partial charge in [-0.05, 0) is 24.3 Å². The van der Waals surface area contributed by atoms with Gasteiger partial charge in [0.05, 0.1) is 31.5 Å². The molecule has 0 spiro atoms. The summed E-state index contributed by atoms with van der Waals surface area (Å²) in [5.74, 6) is -1.06. The zero-order chi connectivity index (χ0) is 14.0. The van der Waals surface area contributed by atoms with Crippen molar-refractivity contribution in [2.24, 2.45) is 0 Å². The minimum absolute atomic E-state index is 0.0106. The van der Waals surface area contributed by atoms with Crippen molar-refractivity contribution in [1.82, 2.24) is 0 Å². The summed E-state index contributed by atoms with van der Waals surface area (Å²) in [6.45, 7) is 0. The number of benzene rings is 1. The first-order valence-corrected chi connectivity index (χ1v) is 7.21.